The number of hydrogen-bond acceptors (Lipinski definition) is 4. The Balaban J connectivity index is 1.81. The van der Waals surface area contributed by atoms with Gasteiger partial charge < -0.3 is 10.1 Å². The van der Waals surface area contributed by atoms with E-state index in [1.807, 2.05) is 18.8 Å². The number of hydrogen-bond donors (Lipinski definition) is 1. The lowest BCUT2D eigenvalue weighted by Crippen LogP contribution is -2.42. The van der Waals surface area contributed by atoms with Gasteiger partial charge in [-0.2, -0.15) is 0 Å². The molecule has 0 saturated heterocycles. The smallest absolute Gasteiger partial charge is 0.0794 e. The highest BCUT2D eigenvalue weighted by Crippen LogP contribution is 2.21. The number of nitrogens with zero attached hydrogens (tertiary/aromatic N) is 1. The summed E-state index contributed by atoms with van der Waals surface area (Å²) >= 11 is 1.71. The van der Waals surface area contributed by atoms with Crippen LogP contribution in [0.15, 0.2) is 11.7 Å². The van der Waals surface area contributed by atoms with Crippen molar-refractivity contribution in [2.24, 2.45) is 0 Å². The van der Waals surface area contributed by atoms with Crippen molar-refractivity contribution in [3.63, 3.8) is 0 Å². The largest absolute Gasteiger partial charge is 0.380 e. The van der Waals surface area contributed by atoms with E-state index < -0.39 is 0 Å². The molecule has 1 saturated carbocycles. The highest BCUT2D eigenvalue weighted by molar-refractivity contribution is 7.09. The van der Waals surface area contributed by atoms with Gasteiger partial charge in [0.25, 0.3) is 0 Å². The van der Waals surface area contributed by atoms with E-state index in [9.17, 15) is 0 Å². The van der Waals surface area contributed by atoms with Crippen LogP contribution in [0.1, 0.15) is 30.6 Å². The van der Waals surface area contributed by atoms with Crippen LogP contribution in [0.2, 0.25) is 0 Å². The van der Waals surface area contributed by atoms with Gasteiger partial charge in [0.1, 0.15) is 0 Å². The van der Waals surface area contributed by atoms with E-state index in [1.165, 1.54) is 30.6 Å². The van der Waals surface area contributed by atoms with Gasteiger partial charge in [-0.05, 0) is 12.8 Å². The molecule has 1 aliphatic rings. The molecule has 0 spiro atoms. The maximum absolute atomic E-state index is 5.50. The first-order valence-corrected chi connectivity index (χ1v) is 6.41. The minimum atomic E-state index is 0.395. The third kappa shape index (κ3) is 3.00. The van der Waals surface area contributed by atoms with E-state index in [0.29, 0.717) is 12.1 Å². The summed E-state index contributed by atoms with van der Waals surface area (Å²) in [5.41, 5.74) is 1.88. The summed E-state index contributed by atoms with van der Waals surface area (Å²) in [6.45, 7) is 0.926. The number of methoxy groups -OCH3 is 1. The van der Waals surface area contributed by atoms with Crippen molar-refractivity contribution in [1.29, 1.82) is 0 Å². The van der Waals surface area contributed by atoms with Gasteiger partial charge >= 0.3 is 0 Å². The van der Waals surface area contributed by atoms with Crippen molar-refractivity contribution in [3.05, 3.63) is 16.6 Å². The van der Waals surface area contributed by atoms with Crippen molar-refractivity contribution in [3.8, 4) is 0 Å². The van der Waals surface area contributed by atoms with E-state index in [1.54, 1.807) is 11.3 Å². The maximum Gasteiger partial charge on any atom is 0.0794 e. The van der Waals surface area contributed by atoms with Crippen LogP contribution in [-0.4, -0.2) is 24.2 Å². The SMILES string of the molecule is COC1CCCCC1NCc1cncs1. The molecule has 0 bridgehead atoms. The lowest BCUT2D eigenvalue weighted by atomic mass is 9.92. The van der Waals surface area contributed by atoms with Gasteiger partial charge in [0.2, 0.25) is 0 Å². The topological polar surface area (TPSA) is 34.1 Å². The predicted octanol–water partition coefficient (Wildman–Crippen LogP) is 2.19. The van der Waals surface area contributed by atoms with Crippen molar-refractivity contribution in [2.45, 2.75) is 44.4 Å². The van der Waals surface area contributed by atoms with Crippen molar-refractivity contribution in [2.75, 3.05) is 7.11 Å². The lowest BCUT2D eigenvalue weighted by molar-refractivity contribution is 0.0414. The Kier molecular flexibility index (Phi) is 4.11. The summed E-state index contributed by atoms with van der Waals surface area (Å²) in [4.78, 5) is 5.37. The zero-order valence-corrected chi connectivity index (χ0v) is 9.93. The number of ether oxygens (including phenoxy) is 1. The van der Waals surface area contributed by atoms with Crippen LogP contribution in [0.4, 0.5) is 0 Å². The molecule has 15 heavy (non-hydrogen) atoms. The number of thiazole rings is 1. The summed E-state index contributed by atoms with van der Waals surface area (Å²) < 4.78 is 5.50. The molecule has 3 nitrogen and oxygen atoms in total. The summed E-state index contributed by atoms with van der Waals surface area (Å²) in [7, 11) is 1.82. The van der Waals surface area contributed by atoms with Crippen LogP contribution < -0.4 is 5.32 Å². The molecule has 0 aromatic carbocycles. The zero-order valence-electron chi connectivity index (χ0n) is 9.11. The Hall–Kier alpha value is -0.450. The molecule has 4 heteroatoms. The van der Waals surface area contributed by atoms with Gasteiger partial charge in [-0.1, -0.05) is 12.8 Å². The van der Waals surface area contributed by atoms with E-state index in [4.69, 9.17) is 4.74 Å². The van der Waals surface area contributed by atoms with Crippen LogP contribution >= 0.6 is 11.3 Å². The highest BCUT2D eigenvalue weighted by atomic mass is 32.1. The van der Waals surface area contributed by atoms with Crippen LogP contribution in [0.3, 0.4) is 0 Å². The van der Waals surface area contributed by atoms with E-state index in [-0.39, 0.29) is 0 Å². The molecule has 2 unspecified atom stereocenters. The van der Waals surface area contributed by atoms with Crippen LogP contribution in [0, 0.1) is 0 Å². The van der Waals surface area contributed by atoms with Crippen molar-refractivity contribution in [1.82, 2.24) is 10.3 Å². The number of aromatic nitrogens is 1. The average molecular weight is 226 g/mol. The first-order chi connectivity index (χ1) is 7.40. The van der Waals surface area contributed by atoms with E-state index in [2.05, 4.69) is 10.3 Å². The average Bonchev–Trinajstić information content (AvgIpc) is 2.79. The van der Waals surface area contributed by atoms with Gasteiger partial charge in [-0.15, -0.1) is 11.3 Å². The summed E-state index contributed by atoms with van der Waals surface area (Å²) in [5, 5.41) is 3.57. The van der Waals surface area contributed by atoms with Gasteiger partial charge in [-0.3, -0.25) is 4.98 Å². The molecule has 1 aromatic heterocycles. The summed E-state index contributed by atoms with van der Waals surface area (Å²) in [6.07, 6.45) is 7.38. The standard InChI is InChI=1S/C11H18N2OS/c1-14-11-5-3-2-4-10(11)13-7-9-6-12-8-15-9/h6,8,10-11,13H,2-5,7H2,1H3. The third-order valence-electron chi connectivity index (χ3n) is 3.03. The van der Waals surface area contributed by atoms with Crippen molar-refractivity contribution >= 4 is 11.3 Å². The fraction of sp³-hybridized carbons (Fsp3) is 0.727. The summed E-state index contributed by atoms with van der Waals surface area (Å²) in [6, 6.07) is 0.519. The molecule has 1 N–H and O–H groups in total. The fourth-order valence-electron chi connectivity index (χ4n) is 2.17. The maximum atomic E-state index is 5.50. The summed E-state index contributed by atoms with van der Waals surface area (Å²) in [5.74, 6) is 0. The van der Waals surface area contributed by atoms with Crippen molar-refractivity contribution < 1.29 is 4.74 Å². The van der Waals surface area contributed by atoms with E-state index >= 15 is 0 Å². The molecule has 0 aliphatic heterocycles. The Morgan fingerprint density at radius 2 is 2.40 bits per heavy atom. The Morgan fingerprint density at radius 3 is 3.13 bits per heavy atom. The molecule has 2 atom stereocenters. The van der Waals surface area contributed by atoms with Crippen LogP contribution in [0.5, 0.6) is 0 Å². The molecule has 84 valence electrons. The molecular formula is C11H18N2OS. The fourth-order valence-corrected chi connectivity index (χ4v) is 2.72. The number of nitrogens with one attached hydrogen (secondary N) is 1. The minimum Gasteiger partial charge on any atom is -0.380 e. The molecule has 0 amide bonds. The quantitative estimate of drug-likeness (QED) is 0.854. The molecule has 1 aromatic rings. The van der Waals surface area contributed by atoms with Gasteiger partial charge in [-0.25, -0.2) is 0 Å². The lowest BCUT2D eigenvalue weighted by Gasteiger charge is -2.31. The second-order valence-corrected chi connectivity index (χ2v) is 4.98. The Labute approximate surface area is 94.9 Å². The van der Waals surface area contributed by atoms with Crippen LogP contribution in [-0.2, 0) is 11.3 Å². The normalized spacial score (nSPS) is 26.7. The molecule has 0 radical (unpaired) electrons. The molecule has 1 heterocycles. The van der Waals surface area contributed by atoms with Gasteiger partial charge in [0.05, 0.1) is 11.6 Å². The molecule has 2 rings (SSSR count). The minimum absolute atomic E-state index is 0.395. The Bertz CT molecular complexity index is 276. The first-order valence-electron chi connectivity index (χ1n) is 5.53. The van der Waals surface area contributed by atoms with Gasteiger partial charge in [0.15, 0.2) is 0 Å². The first kappa shape index (κ1) is 11.0. The van der Waals surface area contributed by atoms with Gasteiger partial charge in [0, 0.05) is 30.8 Å². The third-order valence-corrected chi connectivity index (χ3v) is 3.81. The predicted molar refractivity (Wildman–Crippen MR) is 62.0 cm³/mol. The van der Waals surface area contributed by atoms with E-state index in [0.717, 1.165) is 6.54 Å². The second kappa shape index (κ2) is 5.58. The number of rotatable bonds is 4. The Morgan fingerprint density at radius 1 is 1.53 bits per heavy atom. The molecule has 1 fully saturated rings. The van der Waals surface area contributed by atoms with Crippen LogP contribution in [0.25, 0.3) is 0 Å². The monoisotopic (exact) mass is 226 g/mol. The molecular weight excluding hydrogens is 208 g/mol. The zero-order chi connectivity index (χ0) is 10.5. The molecule has 1 aliphatic carbocycles. The second-order valence-electron chi connectivity index (χ2n) is 4.01. The highest BCUT2D eigenvalue weighted by Gasteiger charge is 2.24.